The van der Waals surface area contributed by atoms with Crippen molar-refractivity contribution in [3.05, 3.63) is 29.0 Å². The Labute approximate surface area is 119 Å². The van der Waals surface area contributed by atoms with Gasteiger partial charge in [-0.25, -0.2) is 4.39 Å². The summed E-state index contributed by atoms with van der Waals surface area (Å²) >= 11 is 6.92. The van der Waals surface area contributed by atoms with Crippen LogP contribution >= 0.6 is 23.4 Å². The van der Waals surface area contributed by atoms with Gasteiger partial charge in [-0.3, -0.25) is 0 Å². The van der Waals surface area contributed by atoms with E-state index in [4.69, 9.17) is 26.8 Å². The normalized spacial score (nSPS) is 37.6. The molecule has 1 aromatic rings. The zero-order valence-corrected chi connectivity index (χ0v) is 11.4. The summed E-state index contributed by atoms with van der Waals surface area (Å²) in [5.74, 6) is -0.397. The molecule has 2 aliphatic heterocycles. The lowest BCUT2D eigenvalue weighted by atomic mass is 9.94. The molecule has 0 bridgehead atoms. The van der Waals surface area contributed by atoms with Gasteiger partial charge in [-0.05, 0) is 18.2 Å². The molecule has 2 aliphatic rings. The highest BCUT2D eigenvalue weighted by Crippen LogP contribution is 2.38. The van der Waals surface area contributed by atoms with Crippen molar-refractivity contribution in [2.75, 3.05) is 6.61 Å². The highest BCUT2D eigenvalue weighted by molar-refractivity contribution is 7.99. The number of thioether (sulfide) groups is 1. The third-order valence-electron chi connectivity index (χ3n) is 3.32. The predicted octanol–water partition coefficient (Wildman–Crippen LogP) is 1.38. The molecule has 5 unspecified atom stereocenters. The first-order valence-corrected chi connectivity index (χ1v) is 7.14. The Kier molecular flexibility index (Phi) is 3.72. The van der Waals surface area contributed by atoms with Crippen molar-refractivity contribution in [3.8, 4) is 0 Å². The zero-order valence-electron chi connectivity index (χ0n) is 9.83. The van der Waals surface area contributed by atoms with Gasteiger partial charge in [0.05, 0.1) is 12.6 Å². The second-order valence-corrected chi connectivity index (χ2v) is 6.18. The van der Waals surface area contributed by atoms with E-state index in [-0.39, 0.29) is 12.2 Å². The molecule has 5 atom stereocenters. The standard InChI is InChI=1S/C12H13ClFNO3S/c13-5-1-2-6(14)8(3-5)19-12-10(16)9(15)11-7(18-12)4-17-11/h1-3,7,9-12,16H,4,15H2. The van der Waals surface area contributed by atoms with Gasteiger partial charge in [0, 0.05) is 9.92 Å². The molecule has 3 N–H and O–H groups in total. The molecule has 0 saturated carbocycles. The molecule has 7 heteroatoms. The largest absolute Gasteiger partial charge is 0.388 e. The van der Waals surface area contributed by atoms with E-state index >= 15 is 0 Å². The van der Waals surface area contributed by atoms with Gasteiger partial charge in [0.15, 0.2) is 0 Å². The number of hydrogen-bond acceptors (Lipinski definition) is 5. The van der Waals surface area contributed by atoms with E-state index in [1.807, 2.05) is 0 Å². The molecular formula is C12H13ClFNO3S. The number of halogens is 2. The first-order valence-electron chi connectivity index (χ1n) is 5.88. The van der Waals surface area contributed by atoms with Crippen LogP contribution < -0.4 is 5.73 Å². The van der Waals surface area contributed by atoms with E-state index in [0.717, 1.165) is 11.8 Å². The van der Waals surface area contributed by atoms with E-state index in [9.17, 15) is 9.50 Å². The van der Waals surface area contributed by atoms with Crippen molar-refractivity contribution in [2.24, 2.45) is 5.73 Å². The fourth-order valence-electron chi connectivity index (χ4n) is 2.18. The van der Waals surface area contributed by atoms with Crippen LogP contribution in [0.15, 0.2) is 23.1 Å². The number of fused-ring (bicyclic) bond motifs is 1. The number of benzene rings is 1. The fourth-order valence-corrected chi connectivity index (χ4v) is 3.56. The summed E-state index contributed by atoms with van der Waals surface area (Å²) in [6.07, 6.45) is -1.31. The van der Waals surface area contributed by atoms with Crippen LogP contribution in [0, 0.1) is 5.82 Å². The summed E-state index contributed by atoms with van der Waals surface area (Å²) in [5, 5.41) is 10.5. The maximum absolute atomic E-state index is 13.7. The number of nitrogens with two attached hydrogens (primary N) is 1. The maximum atomic E-state index is 13.7. The van der Waals surface area contributed by atoms with Crippen molar-refractivity contribution >= 4 is 23.4 Å². The maximum Gasteiger partial charge on any atom is 0.136 e. The number of ether oxygens (including phenoxy) is 2. The van der Waals surface area contributed by atoms with Gasteiger partial charge in [0.1, 0.15) is 29.6 Å². The van der Waals surface area contributed by atoms with E-state index < -0.39 is 23.4 Å². The molecule has 2 fully saturated rings. The first-order chi connectivity index (χ1) is 9.06. The summed E-state index contributed by atoms with van der Waals surface area (Å²) in [6.45, 7) is 0.459. The second-order valence-electron chi connectivity index (χ2n) is 4.60. The van der Waals surface area contributed by atoms with Crippen LogP contribution in [0.3, 0.4) is 0 Å². The van der Waals surface area contributed by atoms with E-state index in [1.165, 1.54) is 18.2 Å². The van der Waals surface area contributed by atoms with Crippen molar-refractivity contribution in [1.82, 2.24) is 0 Å². The third-order valence-corrected chi connectivity index (χ3v) is 4.74. The highest BCUT2D eigenvalue weighted by atomic mass is 35.5. The van der Waals surface area contributed by atoms with Crippen molar-refractivity contribution < 1.29 is 19.0 Å². The van der Waals surface area contributed by atoms with Gasteiger partial charge in [-0.2, -0.15) is 0 Å². The number of aliphatic hydroxyl groups is 1. The number of aliphatic hydroxyl groups excluding tert-OH is 1. The Morgan fingerprint density at radius 3 is 2.95 bits per heavy atom. The summed E-state index contributed by atoms with van der Waals surface area (Å²) in [6, 6.07) is 3.75. The van der Waals surface area contributed by atoms with Gasteiger partial charge < -0.3 is 20.3 Å². The minimum Gasteiger partial charge on any atom is -0.388 e. The van der Waals surface area contributed by atoms with Gasteiger partial charge in [-0.15, -0.1) is 0 Å². The molecule has 1 aromatic carbocycles. The van der Waals surface area contributed by atoms with Crippen LogP contribution in [0.5, 0.6) is 0 Å². The van der Waals surface area contributed by atoms with Crippen LogP contribution in [0.25, 0.3) is 0 Å². The molecule has 0 radical (unpaired) electrons. The van der Waals surface area contributed by atoms with Crippen LogP contribution in [-0.2, 0) is 9.47 Å². The Morgan fingerprint density at radius 1 is 1.47 bits per heavy atom. The SMILES string of the molecule is NC1C(O)C(Sc2cc(Cl)ccc2F)OC2COC21. The second kappa shape index (κ2) is 5.20. The van der Waals surface area contributed by atoms with Gasteiger partial charge >= 0.3 is 0 Å². The Balaban J connectivity index is 1.77. The van der Waals surface area contributed by atoms with Crippen molar-refractivity contribution in [2.45, 2.75) is 34.7 Å². The minimum absolute atomic E-state index is 0.127. The molecule has 0 aliphatic carbocycles. The average molecular weight is 306 g/mol. The smallest absolute Gasteiger partial charge is 0.136 e. The summed E-state index contributed by atoms with van der Waals surface area (Å²) in [5.41, 5.74) is 5.27. The van der Waals surface area contributed by atoms with Crippen molar-refractivity contribution in [3.63, 3.8) is 0 Å². The summed E-state index contributed by atoms with van der Waals surface area (Å²) in [4.78, 5) is 0.336. The topological polar surface area (TPSA) is 64.7 Å². The van der Waals surface area contributed by atoms with Crippen molar-refractivity contribution in [1.29, 1.82) is 0 Å². The molecule has 2 heterocycles. The van der Waals surface area contributed by atoms with Crippen LogP contribution in [0.2, 0.25) is 5.02 Å². The number of rotatable bonds is 2. The van der Waals surface area contributed by atoms with E-state index in [1.54, 1.807) is 0 Å². The van der Waals surface area contributed by atoms with E-state index in [2.05, 4.69) is 0 Å². The van der Waals surface area contributed by atoms with Gasteiger partial charge in [0.25, 0.3) is 0 Å². The van der Waals surface area contributed by atoms with Gasteiger partial charge in [0.2, 0.25) is 0 Å². The lowest BCUT2D eigenvalue weighted by Crippen LogP contribution is -2.67. The Hall–Kier alpha value is -0.370. The van der Waals surface area contributed by atoms with Crippen LogP contribution in [0.4, 0.5) is 4.39 Å². The Bertz CT molecular complexity index is 492. The fraction of sp³-hybridized carbons (Fsp3) is 0.500. The monoisotopic (exact) mass is 305 g/mol. The quantitative estimate of drug-likeness (QED) is 0.864. The molecular weight excluding hydrogens is 293 g/mol. The number of hydrogen-bond donors (Lipinski definition) is 2. The average Bonchev–Trinajstić information content (AvgIpc) is 2.34. The first kappa shape index (κ1) is 13.6. The highest BCUT2D eigenvalue weighted by Gasteiger charge is 2.49. The molecule has 3 rings (SSSR count). The molecule has 0 spiro atoms. The molecule has 4 nitrogen and oxygen atoms in total. The van der Waals surface area contributed by atoms with Crippen LogP contribution in [-0.4, -0.2) is 41.5 Å². The van der Waals surface area contributed by atoms with Gasteiger partial charge in [-0.1, -0.05) is 23.4 Å². The summed E-state index contributed by atoms with van der Waals surface area (Å²) in [7, 11) is 0. The molecule has 0 amide bonds. The third kappa shape index (κ3) is 2.49. The molecule has 0 aromatic heterocycles. The van der Waals surface area contributed by atoms with E-state index in [0.29, 0.717) is 16.5 Å². The molecule has 104 valence electrons. The minimum atomic E-state index is -0.912. The Morgan fingerprint density at radius 2 is 2.26 bits per heavy atom. The molecule has 19 heavy (non-hydrogen) atoms. The lowest BCUT2D eigenvalue weighted by molar-refractivity contribution is -0.251. The molecule has 2 saturated heterocycles. The summed E-state index contributed by atoms with van der Waals surface area (Å²) < 4.78 is 24.6. The lowest BCUT2D eigenvalue weighted by Gasteiger charge is -2.48. The zero-order chi connectivity index (χ0) is 13.6. The predicted molar refractivity (Wildman–Crippen MR) is 69.7 cm³/mol. The van der Waals surface area contributed by atoms with Crippen LogP contribution in [0.1, 0.15) is 0 Å².